The highest BCUT2D eigenvalue weighted by Crippen LogP contribution is 2.28. The van der Waals surface area contributed by atoms with Gasteiger partial charge in [0, 0.05) is 75.7 Å². The molecule has 0 saturated carbocycles. The van der Waals surface area contributed by atoms with Gasteiger partial charge in [0.15, 0.2) is 0 Å². The van der Waals surface area contributed by atoms with Gasteiger partial charge in [-0.05, 0) is 20.3 Å². The van der Waals surface area contributed by atoms with E-state index in [2.05, 4.69) is 33.9 Å². The highest BCUT2D eigenvalue weighted by molar-refractivity contribution is 7.11. The first-order valence-corrected chi connectivity index (χ1v) is 10.4. The standard InChI is InChI=1S/C18H31N5S/c1-14(2)23-8-4-16-17(12-23)24-18(20-16)13-21-7-3-15(11-21)22-9-5-19-6-10-22/h14-15,19H,3-13H2,1-2H3. The van der Waals surface area contributed by atoms with Gasteiger partial charge in [-0.15, -0.1) is 11.3 Å². The number of aromatic nitrogens is 1. The topological polar surface area (TPSA) is 34.6 Å². The van der Waals surface area contributed by atoms with Crippen LogP contribution in [0.25, 0.3) is 0 Å². The summed E-state index contributed by atoms with van der Waals surface area (Å²) in [5.41, 5.74) is 1.38. The number of nitrogens with zero attached hydrogens (tertiary/aromatic N) is 4. The Morgan fingerprint density at radius 2 is 2.04 bits per heavy atom. The van der Waals surface area contributed by atoms with Crippen LogP contribution in [0.5, 0.6) is 0 Å². The van der Waals surface area contributed by atoms with E-state index >= 15 is 0 Å². The van der Waals surface area contributed by atoms with Gasteiger partial charge >= 0.3 is 0 Å². The Hall–Kier alpha value is -0.530. The molecule has 3 aliphatic rings. The summed E-state index contributed by atoms with van der Waals surface area (Å²) in [5, 5.41) is 4.80. The van der Waals surface area contributed by atoms with Crippen LogP contribution in [0.4, 0.5) is 0 Å². The Balaban J connectivity index is 1.33. The molecule has 2 saturated heterocycles. The minimum atomic E-state index is 0.641. The fraction of sp³-hybridized carbons (Fsp3) is 0.833. The lowest BCUT2D eigenvalue weighted by molar-refractivity contribution is 0.170. The lowest BCUT2D eigenvalue weighted by atomic mass is 10.1. The van der Waals surface area contributed by atoms with Crippen molar-refractivity contribution in [2.45, 2.75) is 51.9 Å². The van der Waals surface area contributed by atoms with Crippen molar-refractivity contribution >= 4 is 11.3 Å². The summed E-state index contributed by atoms with van der Waals surface area (Å²) < 4.78 is 0. The molecule has 4 heterocycles. The highest BCUT2D eigenvalue weighted by Gasteiger charge is 2.29. The SMILES string of the molecule is CC(C)N1CCc2nc(CN3CCC(N4CCNCC4)C3)sc2C1. The molecule has 0 aliphatic carbocycles. The van der Waals surface area contributed by atoms with Crippen LogP contribution in [0.15, 0.2) is 0 Å². The second kappa shape index (κ2) is 7.38. The van der Waals surface area contributed by atoms with Crippen molar-refractivity contribution in [3.8, 4) is 0 Å². The molecule has 5 nitrogen and oxygen atoms in total. The van der Waals surface area contributed by atoms with Gasteiger partial charge in [-0.1, -0.05) is 0 Å². The van der Waals surface area contributed by atoms with E-state index in [1.54, 1.807) is 0 Å². The van der Waals surface area contributed by atoms with E-state index < -0.39 is 0 Å². The first-order valence-electron chi connectivity index (χ1n) is 9.57. The predicted octanol–water partition coefficient (Wildman–Crippen LogP) is 1.39. The number of thiazole rings is 1. The molecule has 0 radical (unpaired) electrons. The molecule has 0 aromatic carbocycles. The molecule has 0 bridgehead atoms. The third kappa shape index (κ3) is 3.68. The number of rotatable bonds is 4. The van der Waals surface area contributed by atoms with E-state index in [4.69, 9.17) is 4.98 Å². The van der Waals surface area contributed by atoms with Crippen molar-refractivity contribution in [1.29, 1.82) is 0 Å². The van der Waals surface area contributed by atoms with Crippen molar-refractivity contribution < 1.29 is 0 Å². The van der Waals surface area contributed by atoms with Crippen LogP contribution in [-0.4, -0.2) is 77.6 Å². The van der Waals surface area contributed by atoms with Crippen LogP contribution in [0.1, 0.15) is 35.8 Å². The van der Waals surface area contributed by atoms with Gasteiger partial charge in [-0.3, -0.25) is 14.7 Å². The van der Waals surface area contributed by atoms with Gasteiger partial charge in [-0.25, -0.2) is 4.98 Å². The molecule has 24 heavy (non-hydrogen) atoms. The molecule has 3 aliphatic heterocycles. The summed E-state index contributed by atoms with van der Waals surface area (Å²) in [6.45, 7) is 15.1. The molecule has 2 fully saturated rings. The Labute approximate surface area is 150 Å². The summed E-state index contributed by atoms with van der Waals surface area (Å²) in [6, 6.07) is 1.40. The molecule has 1 N–H and O–H groups in total. The molecule has 1 unspecified atom stereocenters. The first-order chi connectivity index (χ1) is 11.7. The maximum Gasteiger partial charge on any atom is 0.107 e. The van der Waals surface area contributed by atoms with Crippen LogP contribution in [0, 0.1) is 0 Å². The van der Waals surface area contributed by atoms with Crippen LogP contribution < -0.4 is 5.32 Å². The first kappa shape index (κ1) is 16.9. The average molecular weight is 350 g/mol. The van der Waals surface area contributed by atoms with Crippen LogP contribution in [0.3, 0.4) is 0 Å². The van der Waals surface area contributed by atoms with Gasteiger partial charge in [0.1, 0.15) is 5.01 Å². The normalized spacial score (nSPS) is 27.0. The minimum Gasteiger partial charge on any atom is -0.314 e. The van der Waals surface area contributed by atoms with Crippen molar-refractivity contribution in [3.05, 3.63) is 15.6 Å². The number of nitrogens with one attached hydrogen (secondary N) is 1. The van der Waals surface area contributed by atoms with Crippen LogP contribution >= 0.6 is 11.3 Å². The van der Waals surface area contributed by atoms with Gasteiger partial charge in [0.05, 0.1) is 12.2 Å². The zero-order valence-corrected chi connectivity index (χ0v) is 15.9. The van der Waals surface area contributed by atoms with Crippen molar-refractivity contribution in [2.75, 3.05) is 45.8 Å². The van der Waals surface area contributed by atoms with Crippen LogP contribution in [0.2, 0.25) is 0 Å². The predicted molar refractivity (Wildman–Crippen MR) is 99.5 cm³/mol. The lowest BCUT2D eigenvalue weighted by Gasteiger charge is -2.32. The van der Waals surface area contributed by atoms with Crippen molar-refractivity contribution in [2.24, 2.45) is 0 Å². The van der Waals surface area contributed by atoms with Crippen molar-refractivity contribution in [1.82, 2.24) is 25.0 Å². The van der Waals surface area contributed by atoms with Gasteiger partial charge < -0.3 is 5.32 Å². The van der Waals surface area contributed by atoms with E-state index in [1.807, 2.05) is 11.3 Å². The smallest absolute Gasteiger partial charge is 0.107 e. The van der Waals surface area contributed by atoms with Gasteiger partial charge in [-0.2, -0.15) is 0 Å². The fourth-order valence-electron chi connectivity index (χ4n) is 4.27. The number of hydrogen-bond donors (Lipinski definition) is 1. The van der Waals surface area contributed by atoms with Gasteiger partial charge in [0.2, 0.25) is 0 Å². The Morgan fingerprint density at radius 3 is 2.83 bits per heavy atom. The summed E-state index contributed by atoms with van der Waals surface area (Å²) in [7, 11) is 0. The minimum absolute atomic E-state index is 0.641. The summed E-state index contributed by atoms with van der Waals surface area (Å²) in [5.74, 6) is 0. The zero-order chi connectivity index (χ0) is 16.5. The molecule has 134 valence electrons. The van der Waals surface area contributed by atoms with E-state index in [0.29, 0.717) is 6.04 Å². The monoisotopic (exact) mass is 349 g/mol. The maximum atomic E-state index is 4.97. The molecule has 1 atom stereocenters. The molecule has 0 spiro atoms. The van der Waals surface area contributed by atoms with Crippen molar-refractivity contribution in [3.63, 3.8) is 0 Å². The molecule has 1 aromatic heterocycles. The van der Waals surface area contributed by atoms with E-state index in [0.717, 1.165) is 38.6 Å². The summed E-state index contributed by atoms with van der Waals surface area (Å²) in [4.78, 5) is 14.4. The van der Waals surface area contributed by atoms with E-state index in [-0.39, 0.29) is 0 Å². The molecular weight excluding hydrogens is 318 g/mol. The second-order valence-corrected chi connectivity index (χ2v) is 8.92. The Bertz CT molecular complexity index is 552. The number of fused-ring (bicyclic) bond motifs is 1. The molecule has 0 amide bonds. The van der Waals surface area contributed by atoms with E-state index in [9.17, 15) is 0 Å². The Morgan fingerprint density at radius 1 is 1.21 bits per heavy atom. The number of piperazine rings is 1. The number of hydrogen-bond acceptors (Lipinski definition) is 6. The second-order valence-electron chi connectivity index (χ2n) is 7.76. The van der Waals surface area contributed by atoms with Crippen LogP contribution in [-0.2, 0) is 19.5 Å². The largest absolute Gasteiger partial charge is 0.314 e. The third-order valence-electron chi connectivity index (χ3n) is 5.81. The summed E-state index contributed by atoms with van der Waals surface area (Å²) in [6.07, 6.45) is 2.46. The highest BCUT2D eigenvalue weighted by atomic mass is 32.1. The molecule has 4 rings (SSSR count). The average Bonchev–Trinajstić information content (AvgIpc) is 3.21. The van der Waals surface area contributed by atoms with Gasteiger partial charge in [0.25, 0.3) is 0 Å². The Kier molecular flexibility index (Phi) is 5.20. The molecule has 1 aromatic rings. The third-order valence-corrected chi connectivity index (χ3v) is 6.88. The lowest BCUT2D eigenvalue weighted by Crippen LogP contribution is -2.49. The maximum absolute atomic E-state index is 4.97. The molecular formula is C18H31N5S. The van der Waals surface area contributed by atoms with E-state index in [1.165, 1.54) is 54.7 Å². The zero-order valence-electron chi connectivity index (χ0n) is 15.1. The summed E-state index contributed by atoms with van der Waals surface area (Å²) >= 11 is 1.96. The fourth-order valence-corrected chi connectivity index (χ4v) is 5.45. The molecule has 6 heteroatoms. The quantitative estimate of drug-likeness (QED) is 0.889. The number of likely N-dealkylation sites (tertiary alicyclic amines) is 1.